The van der Waals surface area contributed by atoms with Gasteiger partial charge in [-0.05, 0) is 36.8 Å². The molecule has 3 nitrogen and oxygen atoms in total. The van der Waals surface area contributed by atoms with Crippen LogP contribution in [0, 0.1) is 5.92 Å². The Bertz CT molecular complexity index is 365. The van der Waals surface area contributed by atoms with E-state index in [1.54, 1.807) is 0 Å². The SMILES string of the molecule is CC(C)CC(CO)NC1CCc2cccnc21. The lowest BCUT2D eigenvalue weighted by Crippen LogP contribution is -2.36. The van der Waals surface area contributed by atoms with Crippen molar-refractivity contribution in [2.24, 2.45) is 5.92 Å². The van der Waals surface area contributed by atoms with Crippen molar-refractivity contribution < 1.29 is 5.11 Å². The first-order chi connectivity index (χ1) is 8.20. The smallest absolute Gasteiger partial charge is 0.0605 e. The summed E-state index contributed by atoms with van der Waals surface area (Å²) in [5.74, 6) is 0.601. The molecule has 0 spiro atoms. The molecule has 2 unspecified atom stereocenters. The van der Waals surface area contributed by atoms with Crippen molar-refractivity contribution in [1.82, 2.24) is 10.3 Å². The molecular weight excluding hydrogens is 212 g/mol. The van der Waals surface area contributed by atoms with E-state index in [0.29, 0.717) is 12.0 Å². The lowest BCUT2D eigenvalue weighted by molar-refractivity contribution is 0.212. The number of pyridine rings is 1. The molecule has 1 aromatic heterocycles. The second kappa shape index (κ2) is 5.61. The molecule has 3 heteroatoms. The van der Waals surface area contributed by atoms with Gasteiger partial charge in [-0.2, -0.15) is 0 Å². The highest BCUT2D eigenvalue weighted by atomic mass is 16.3. The highest BCUT2D eigenvalue weighted by Crippen LogP contribution is 2.29. The minimum absolute atomic E-state index is 0.188. The summed E-state index contributed by atoms with van der Waals surface area (Å²) in [6, 6.07) is 4.66. The second-order valence-electron chi connectivity index (χ2n) is 5.31. The Balaban J connectivity index is 2.00. The quantitative estimate of drug-likeness (QED) is 0.819. The summed E-state index contributed by atoms with van der Waals surface area (Å²) in [4.78, 5) is 4.46. The van der Waals surface area contributed by atoms with Gasteiger partial charge in [0.1, 0.15) is 0 Å². The van der Waals surface area contributed by atoms with Gasteiger partial charge >= 0.3 is 0 Å². The summed E-state index contributed by atoms with van der Waals surface area (Å²) >= 11 is 0. The third-order valence-electron chi connectivity index (χ3n) is 3.37. The van der Waals surface area contributed by atoms with Crippen LogP contribution in [0.1, 0.15) is 44.0 Å². The fraction of sp³-hybridized carbons (Fsp3) is 0.643. The molecule has 2 atom stereocenters. The predicted molar refractivity (Wildman–Crippen MR) is 68.8 cm³/mol. The Kier molecular flexibility index (Phi) is 4.13. The molecule has 0 aromatic carbocycles. The Morgan fingerprint density at radius 2 is 2.35 bits per heavy atom. The average molecular weight is 234 g/mol. The van der Waals surface area contributed by atoms with Crippen LogP contribution >= 0.6 is 0 Å². The molecule has 0 amide bonds. The van der Waals surface area contributed by atoms with Crippen LogP contribution in [0.5, 0.6) is 0 Å². The van der Waals surface area contributed by atoms with E-state index in [1.165, 1.54) is 11.3 Å². The van der Waals surface area contributed by atoms with E-state index < -0.39 is 0 Å². The molecule has 0 saturated heterocycles. The molecule has 17 heavy (non-hydrogen) atoms. The third kappa shape index (κ3) is 3.05. The molecule has 1 heterocycles. The van der Waals surface area contributed by atoms with Crippen LogP contribution in [0.15, 0.2) is 18.3 Å². The van der Waals surface area contributed by atoms with Crippen LogP contribution in [0.25, 0.3) is 0 Å². The topological polar surface area (TPSA) is 45.1 Å². The summed E-state index contributed by atoms with van der Waals surface area (Å²) in [5.41, 5.74) is 2.53. The van der Waals surface area contributed by atoms with Gasteiger partial charge in [-0.3, -0.25) is 4.98 Å². The fourth-order valence-electron chi connectivity index (χ4n) is 2.62. The summed E-state index contributed by atoms with van der Waals surface area (Å²) in [7, 11) is 0. The predicted octanol–water partition coefficient (Wildman–Crippen LogP) is 2.07. The van der Waals surface area contributed by atoms with E-state index in [9.17, 15) is 5.11 Å². The van der Waals surface area contributed by atoms with E-state index in [-0.39, 0.29) is 12.6 Å². The maximum absolute atomic E-state index is 9.40. The van der Waals surface area contributed by atoms with E-state index in [2.05, 4.69) is 30.2 Å². The summed E-state index contributed by atoms with van der Waals surface area (Å²) in [6.07, 6.45) is 5.06. The lowest BCUT2D eigenvalue weighted by Gasteiger charge is -2.22. The molecule has 1 aliphatic rings. The lowest BCUT2D eigenvalue weighted by atomic mass is 10.0. The van der Waals surface area contributed by atoms with Crippen LogP contribution in [0.2, 0.25) is 0 Å². The van der Waals surface area contributed by atoms with Crippen molar-refractivity contribution in [3.63, 3.8) is 0 Å². The zero-order valence-electron chi connectivity index (χ0n) is 10.7. The van der Waals surface area contributed by atoms with Crippen LogP contribution in [0.4, 0.5) is 0 Å². The summed E-state index contributed by atoms with van der Waals surface area (Å²) < 4.78 is 0. The van der Waals surface area contributed by atoms with E-state index in [1.807, 2.05) is 12.3 Å². The van der Waals surface area contributed by atoms with Gasteiger partial charge in [0.25, 0.3) is 0 Å². The van der Waals surface area contributed by atoms with Crippen molar-refractivity contribution >= 4 is 0 Å². The first-order valence-corrected chi connectivity index (χ1v) is 6.51. The van der Waals surface area contributed by atoms with E-state index in [0.717, 1.165) is 19.3 Å². The molecule has 0 radical (unpaired) electrons. The standard InChI is InChI=1S/C14H22N2O/c1-10(2)8-12(9-17)16-13-6-5-11-4-3-7-15-14(11)13/h3-4,7,10,12-13,16-17H,5-6,8-9H2,1-2H3. The molecule has 0 saturated carbocycles. The number of hydrogen-bond acceptors (Lipinski definition) is 3. The molecule has 0 bridgehead atoms. The number of hydrogen-bond donors (Lipinski definition) is 2. The summed E-state index contributed by atoms with van der Waals surface area (Å²) in [5, 5.41) is 12.9. The molecule has 94 valence electrons. The normalized spacial score (nSPS) is 20.6. The van der Waals surface area contributed by atoms with Gasteiger partial charge in [-0.1, -0.05) is 19.9 Å². The maximum atomic E-state index is 9.40. The zero-order valence-corrected chi connectivity index (χ0v) is 10.7. The monoisotopic (exact) mass is 234 g/mol. The van der Waals surface area contributed by atoms with Crippen molar-refractivity contribution in [3.05, 3.63) is 29.6 Å². The zero-order chi connectivity index (χ0) is 12.3. The molecule has 0 fully saturated rings. The maximum Gasteiger partial charge on any atom is 0.0605 e. The minimum Gasteiger partial charge on any atom is -0.395 e. The van der Waals surface area contributed by atoms with Crippen molar-refractivity contribution in [2.75, 3.05) is 6.61 Å². The molecule has 2 rings (SSSR count). The molecule has 1 aromatic rings. The van der Waals surface area contributed by atoms with Crippen LogP contribution in [-0.2, 0) is 6.42 Å². The fourth-order valence-corrected chi connectivity index (χ4v) is 2.62. The Morgan fingerprint density at radius 3 is 3.06 bits per heavy atom. The highest BCUT2D eigenvalue weighted by Gasteiger charge is 2.25. The number of aromatic nitrogens is 1. The van der Waals surface area contributed by atoms with Crippen molar-refractivity contribution in [1.29, 1.82) is 0 Å². The number of rotatable bonds is 5. The average Bonchev–Trinajstić information content (AvgIpc) is 2.71. The van der Waals surface area contributed by atoms with Gasteiger partial charge in [-0.25, -0.2) is 0 Å². The molecular formula is C14H22N2O. The molecule has 2 N–H and O–H groups in total. The van der Waals surface area contributed by atoms with Crippen molar-refractivity contribution in [3.8, 4) is 0 Å². The van der Waals surface area contributed by atoms with Crippen molar-refractivity contribution in [2.45, 2.75) is 45.2 Å². The van der Waals surface area contributed by atoms with E-state index in [4.69, 9.17) is 0 Å². The Labute approximate surface area is 103 Å². The van der Waals surface area contributed by atoms with Crippen LogP contribution < -0.4 is 5.32 Å². The molecule has 0 aliphatic heterocycles. The highest BCUT2D eigenvalue weighted by molar-refractivity contribution is 5.27. The largest absolute Gasteiger partial charge is 0.395 e. The van der Waals surface area contributed by atoms with Crippen LogP contribution in [0.3, 0.4) is 0 Å². The van der Waals surface area contributed by atoms with Gasteiger partial charge in [0.2, 0.25) is 0 Å². The number of aliphatic hydroxyl groups is 1. The Hall–Kier alpha value is -0.930. The Morgan fingerprint density at radius 1 is 1.53 bits per heavy atom. The number of aryl methyl sites for hydroxylation is 1. The number of nitrogens with one attached hydrogen (secondary N) is 1. The van der Waals surface area contributed by atoms with Gasteiger partial charge in [0, 0.05) is 12.2 Å². The number of nitrogens with zero attached hydrogens (tertiary/aromatic N) is 1. The van der Waals surface area contributed by atoms with E-state index >= 15 is 0 Å². The summed E-state index contributed by atoms with van der Waals surface area (Å²) in [6.45, 7) is 4.58. The first kappa shape index (κ1) is 12.5. The van der Waals surface area contributed by atoms with Gasteiger partial charge in [0.05, 0.1) is 18.3 Å². The third-order valence-corrected chi connectivity index (χ3v) is 3.37. The first-order valence-electron chi connectivity index (χ1n) is 6.51. The number of fused-ring (bicyclic) bond motifs is 1. The van der Waals surface area contributed by atoms with Gasteiger partial charge in [0.15, 0.2) is 0 Å². The van der Waals surface area contributed by atoms with Gasteiger partial charge < -0.3 is 10.4 Å². The number of aliphatic hydroxyl groups excluding tert-OH is 1. The molecule has 1 aliphatic carbocycles. The second-order valence-corrected chi connectivity index (χ2v) is 5.31. The van der Waals surface area contributed by atoms with Gasteiger partial charge in [-0.15, -0.1) is 0 Å². The minimum atomic E-state index is 0.188. The van der Waals surface area contributed by atoms with Crippen LogP contribution in [-0.4, -0.2) is 22.7 Å².